The molecule has 0 bridgehead atoms. The number of nitrogens with zero attached hydrogens (tertiary/aromatic N) is 1. The second-order valence-electron chi connectivity index (χ2n) is 5.09. The molecule has 0 aliphatic rings. The third-order valence-corrected chi connectivity index (χ3v) is 4.08. The minimum atomic E-state index is -1.01. The second kappa shape index (κ2) is 7.17. The molecule has 1 aromatic carbocycles. The summed E-state index contributed by atoms with van der Waals surface area (Å²) in [5.41, 5.74) is 2.57. The number of rotatable bonds is 6. The van der Waals surface area contributed by atoms with E-state index in [1.165, 1.54) is 12.1 Å². The molecule has 0 fully saturated rings. The summed E-state index contributed by atoms with van der Waals surface area (Å²) in [7, 11) is 0. The Balaban J connectivity index is 1.89. The third kappa shape index (κ3) is 4.39. The maximum Gasteiger partial charge on any atom is 0.335 e. The zero-order valence-corrected chi connectivity index (χ0v) is 13.4. The SMILES string of the molecule is Cc1nc(CCCC(=O)Nc2cc(C(=O)O)ccc2C)cs1. The van der Waals surface area contributed by atoms with Crippen LogP contribution in [0.25, 0.3) is 0 Å². The molecule has 0 saturated carbocycles. The number of nitrogens with one attached hydrogen (secondary N) is 1. The highest BCUT2D eigenvalue weighted by Gasteiger charge is 2.09. The molecule has 116 valence electrons. The Bertz CT molecular complexity index is 694. The normalized spacial score (nSPS) is 10.5. The van der Waals surface area contributed by atoms with Crippen LogP contribution in [-0.4, -0.2) is 22.0 Å². The van der Waals surface area contributed by atoms with Crippen molar-refractivity contribution in [1.82, 2.24) is 4.98 Å². The van der Waals surface area contributed by atoms with Gasteiger partial charge in [-0.2, -0.15) is 0 Å². The number of carbonyl (C=O) groups is 2. The van der Waals surface area contributed by atoms with E-state index in [0.717, 1.165) is 22.7 Å². The molecule has 5 nitrogen and oxygen atoms in total. The number of anilines is 1. The molecule has 1 heterocycles. The molecule has 0 unspecified atom stereocenters. The number of hydrogen-bond acceptors (Lipinski definition) is 4. The predicted octanol–water partition coefficient (Wildman–Crippen LogP) is 3.42. The van der Waals surface area contributed by atoms with E-state index in [1.54, 1.807) is 17.4 Å². The van der Waals surface area contributed by atoms with E-state index in [4.69, 9.17) is 5.11 Å². The molecule has 2 rings (SSSR count). The highest BCUT2D eigenvalue weighted by atomic mass is 32.1. The first-order valence-electron chi connectivity index (χ1n) is 7.00. The van der Waals surface area contributed by atoms with Crippen LogP contribution >= 0.6 is 11.3 Å². The Kier molecular flexibility index (Phi) is 5.27. The minimum Gasteiger partial charge on any atom is -0.478 e. The van der Waals surface area contributed by atoms with Gasteiger partial charge in [-0.05, 0) is 44.4 Å². The summed E-state index contributed by atoms with van der Waals surface area (Å²) in [4.78, 5) is 27.3. The van der Waals surface area contributed by atoms with Crippen molar-refractivity contribution >= 4 is 28.9 Å². The number of aromatic carboxylic acids is 1. The molecule has 0 saturated heterocycles. The Morgan fingerprint density at radius 1 is 1.32 bits per heavy atom. The van der Waals surface area contributed by atoms with E-state index in [9.17, 15) is 9.59 Å². The molecular weight excluding hydrogens is 300 g/mol. The second-order valence-corrected chi connectivity index (χ2v) is 6.16. The average molecular weight is 318 g/mol. The van der Waals surface area contributed by atoms with Crippen LogP contribution in [0.5, 0.6) is 0 Å². The van der Waals surface area contributed by atoms with Gasteiger partial charge < -0.3 is 10.4 Å². The first-order chi connectivity index (χ1) is 10.5. The van der Waals surface area contributed by atoms with Crippen LogP contribution in [0.15, 0.2) is 23.6 Å². The summed E-state index contributed by atoms with van der Waals surface area (Å²) < 4.78 is 0. The van der Waals surface area contributed by atoms with Crippen LogP contribution in [0, 0.1) is 13.8 Å². The van der Waals surface area contributed by atoms with Crippen molar-refractivity contribution in [2.45, 2.75) is 33.1 Å². The summed E-state index contributed by atoms with van der Waals surface area (Å²) in [6.07, 6.45) is 1.87. The molecule has 22 heavy (non-hydrogen) atoms. The summed E-state index contributed by atoms with van der Waals surface area (Å²) in [5.74, 6) is -1.12. The largest absolute Gasteiger partial charge is 0.478 e. The molecular formula is C16H18N2O3S. The van der Waals surface area contributed by atoms with Crippen molar-refractivity contribution in [3.05, 3.63) is 45.4 Å². The molecule has 0 aliphatic carbocycles. The lowest BCUT2D eigenvalue weighted by molar-refractivity contribution is -0.116. The molecule has 0 spiro atoms. The van der Waals surface area contributed by atoms with Crippen LogP contribution in [-0.2, 0) is 11.2 Å². The standard InChI is InChI=1S/C16H18N2O3S/c1-10-6-7-12(16(20)21)8-14(10)18-15(19)5-3-4-13-9-22-11(2)17-13/h6-9H,3-5H2,1-2H3,(H,18,19)(H,20,21). The monoisotopic (exact) mass is 318 g/mol. The summed E-state index contributed by atoms with van der Waals surface area (Å²) >= 11 is 1.60. The summed E-state index contributed by atoms with van der Waals surface area (Å²) in [5, 5.41) is 14.8. The van der Waals surface area contributed by atoms with Gasteiger partial charge in [-0.3, -0.25) is 4.79 Å². The molecule has 0 atom stereocenters. The van der Waals surface area contributed by atoms with Gasteiger partial charge >= 0.3 is 5.97 Å². The van der Waals surface area contributed by atoms with E-state index in [-0.39, 0.29) is 11.5 Å². The molecule has 1 aromatic heterocycles. The number of carboxylic acid groups (broad SMARTS) is 1. The smallest absolute Gasteiger partial charge is 0.335 e. The molecule has 0 aliphatic heterocycles. The van der Waals surface area contributed by atoms with Gasteiger partial charge in [-0.25, -0.2) is 9.78 Å². The van der Waals surface area contributed by atoms with Crippen molar-refractivity contribution in [3.63, 3.8) is 0 Å². The van der Waals surface area contributed by atoms with Crippen molar-refractivity contribution in [1.29, 1.82) is 0 Å². The first-order valence-corrected chi connectivity index (χ1v) is 7.88. The molecule has 2 aromatic rings. The lowest BCUT2D eigenvalue weighted by Crippen LogP contribution is -2.13. The summed E-state index contributed by atoms with van der Waals surface area (Å²) in [6, 6.07) is 4.70. The molecule has 2 N–H and O–H groups in total. The highest BCUT2D eigenvalue weighted by molar-refractivity contribution is 7.09. The fraction of sp³-hybridized carbons (Fsp3) is 0.312. The van der Waals surface area contributed by atoms with Gasteiger partial charge in [0.1, 0.15) is 0 Å². The van der Waals surface area contributed by atoms with Crippen LogP contribution in [0.4, 0.5) is 5.69 Å². The van der Waals surface area contributed by atoms with Gasteiger partial charge in [0.2, 0.25) is 5.91 Å². The fourth-order valence-electron chi connectivity index (χ4n) is 2.06. The average Bonchev–Trinajstić information content (AvgIpc) is 2.86. The lowest BCUT2D eigenvalue weighted by Gasteiger charge is -2.09. The van der Waals surface area contributed by atoms with Gasteiger partial charge in [-0.1, -0.05) is 6.07 Å². The van der Waals surface area contributed by atoms with Crippen molar-refractivity contribution in [3.8, 4) is 0 Å². The Labute approximate surface area is 133 Å². The number of benzene rings is 1. The summed E-state index contributed by atoms with van der Waals surface area (Å²) in [6.45, 7) is 3.79. The fourth-order valence-corrected chi connectivity index (χ4v) is 2.70. The number of carbonyl (C=O) groups excluding carboxylic acids is 1. The van der Waals surface area contributed by atoms with Gasteiger partial charge in [0.25, 0.3) is 0 Å². The van der Waals surface area contributed by atoms with Gasteiger partial charge in [0.05, 0.1) is 16.3 Å². The van der Waals surface area contributed by atoms with Crippen LogP contribution in [0.3, 0.4) is 0 Å². The number of aromatic nitrogens is 1. The zero-order chi connectivity index (χ0) is 16.1. The molecule has 1 amide bonds. The van der Waals surface area contributed by atoms with E-state index in [2.05, 4.69) is 10.3 Å². The molecule has 6 heteroatoms. The van der Waals surface area contributed by atoms with Crippen molar-refractivity contribution < 1.29 is 14.7 Å². The van der Waals surface area contributed by atoms with E-state index in [1.807, 2.05) is 19.2 Å². The Morgan fingerprint density at radius 3 is 2.73 bits per heavy atom. The topological polar surface area (TPSA) is 79.3 Å². The third-order valence-electron chi connectivity index (χ3n) is 3.26. The van der Waals surface area contributed by atoms with E-state index >= 15 is 0 Å². The Morgan fingerprint density at radius 2 is 2.09 bits per heavy atom. The van der Waals surface area contributed by atoms with Gasteiger partial charge in [0, 0.05) is 17.5 Å². The predicted molar refractivity (Wildman–Crippen MR) is 86.6 cm³/mol. The van der Waals surface area contributed by atoms with Crippen molar-refractivity contribution in [2.75, 3.05) is 5.32 Å². The maximum absolute atomic E-state index is 12.0. The first kappa shape index (κ1) is 16.2. The van der Waals surface area contributed by atoms with Crippen molar-refractivity contribution in [2.24, 2.45) is 0 Å². The number of carboxylic acids is 1. The van der Waals surface area contributed by atoms with Gasteiger partial charge in [-0.15, -0.1) is 11.3 Å². The number of amides is 1. The number of aryl methyl sites for hydroxylation is 3. The minimum absolute atomic E-state index is 0.113. The molecule has 0 radical (unpaired) electrons. The van der Waals surface area contributed by atoms with Gasteiger partial charge in [0.15, 0.2) is 0 Å². The van der Waals surface area contributed by atoms with E-state index in [0.29, 0.717) is 18.5 Å². The Hall–Kier alpha value is -2.21. The lowest BCUT2D eigenvalue weighted by atomic mass is 10.1. The highest BCUT2D eigenvalue weighted by Crippen LogP contribution is 2.18. The number of thiazole rings is 1. The van der Waals surface area contributed by atoms with E-state index < -0.39 is 5.97 Å². The van der Waals surface area contributed by atoms with Crippen LogP contribution in [0.2, 0.25) is 0 Å². The van der Waals surface area contributed by atoms with Crippen LogP contribution < -0.4 is 5.32 Å². The van der Waals surface area contributed by atoms with Crippen LogP contribution in [0.1, 0.15) is 39.5 Å². The maximum atomic E-state index is 12.0. The zero-order valence-electron chi connectivity index (χ0n) is 12.5. The quantitative estimate of drug-likeness (QED) is 0.855. The number of hydrogen-bond donors (Lipinski definition) is 2.